The standard InChI is InChI=1S/C26H19N3O3S/c1-32-18-13-11-17(12-14-18)29-25(31)21(24(30)28-26(29)33)15-20-19-9-5-6-10-22(19)27-23(20)16-7-3-2-4-8-16/h2-15,31H,1H3,(H,28,30,33). The molecule has 2 heterocycles. The van der Waals surface area contributed by atoms with Crippen LogP contribution < -0.4 is 10.3 Å². The molecule has 0 aliphatic carbocycles. The lowest BCUT2D eigenvalue weighted by atomic mass is 9.96. The molecule has 2 N–H and O–H groups in total. The Kier molecular flexibility index (Phi) is 5.24. The molecule has 3 aromatic carbocycles. The number of rotatable bonds is 4. The van der Waals surface area contributed by atoms with Gasteiger partial charge in [0, 0.05) is 16.7 Å². The molecule has 33 heavy (non-hydrogen) atoms. The number of aromatic hydroxyl groups is 1. The molecule has 0 unspecified atom stereocenters. The van der Waals surface area contributed by atoms with E-state index in [9.17, 15) is 9.90 Å². The van der Waals surface area contributed by atoms with Gasteiger partial charge in [-0.2, -0.15) is 0 Å². The van der Waals surface area contributed by atoms with Crippen molar-refractivity contribution in [1.82, 2.24) is 9.55 Å². The van der Waals surface area contributed by atoms with Crippen LogP contribution in [0.1, 0.15) is 16.7 Å². The monoisotopic (exact) mass is 453 g/mol. The molecule has 6 nitrogen and oxygen atoms in total. The molecule has 1 aromatic heterocycles. The van der Waals surface area contributed by atoms with E-state index in [2.05, 4.69) is 4.98 Å². The summed E-state index contributed by atoms with van der Waals surface area (Å²) < 4.78 is 6.72. The van der Waals surface area contributed by atoms with E-state index in [1.165, 1.54) is 4.57 Å². The van der Waals surface area contributed by atoms with Crippen molar-refractivity contribution < 1.29 is 9.84 Å². The minimum absolute atomic E-state index is 0.0913. The maximum Gasteiger partial charge on any atom is 0.262 e. The van der Waals surface area contributed by atoms with Crippen LogP contribution in [0, 0.1) is 4.77 Å². The predicted octanol–water partition coefficient (Wildman–Crippen LogP) is 5.28. The smallest absolute Gasteiger partial charge is 0.262 e. The third kappa shape index (κ3) is 3.68. The quantitative estimate of drug-likeness (QED) is 0.412. The maximum absolute atomic E-state index is 12.9. The third-order valence-corrected chi connectivity index (χ3v) is 5.75. The zero-order valence-corrected chi connectivity index (χ0v) is 18.5. The summed E-state index contributed by atoms with van der Waals surface area (Å²) in [6, 6.07) is 24.5. The van der Waals surface area contributed by atoms with Crippen LogP contribution in [0.15, 0.2) is 88.6 Å². The first-order valence-corrected chi connectivity index (χ1v) is 10.7. The number of aromatic nitrogens is 2. The van der Waals surface area contributed by atoms with Crippen LogP contribution in [0.25, 0.3) is 17.3 Å². The minimum Gasteiger partial charge on any atom is -0.497 e. The van der Waals surface area contributed by atoms with E-state index in [4.69, 9.17) is 21.9 Å². The van der Waals surface area contributed by atoms with E-state index < -0.39 is 5.56 Å². The Labute approximate surface area is 194 Å². The van der Waals surface area contributed by atoms with Gasteiger partial charge in [-0.3, -0.25) is 14.3 Å². The van der Waals surface area contributed by atoms with Crippen molar-refractivity contribution in [2.75, 3.05) is 7.11 Å². The summed E-state index contributed by atoms with van der Waals surface area (Å²) >= 11 is 5.35. The van der Waals surface area contributed by atoms with Crippen LogP contribution in [-0.4, -0.2) is 27.5 Å². The molecule has 1 aliphatic rings. The molecule has 0 saturated heterocycles. The molecule has 0 bridgehead atoms. The molecular formula is C26H19N3O3S. The average molecular weight is 454 g/mol. The Morgan fingerprint density at radius 3 is 2.42 bits per heavy atom. The van der Waals surface area contributed by atoms with Crippen LogP contribution in [0.3, 0.4) is 0 Å². The highest BCUT2D eigenvalue weighted by molar-refractivity contribution is 7.71. The van der Waals surface area contributed by atoms with Crippen molar-refractivity contribution in [1.29, 1.82) is 0 Å². The fourth-order valence-corrected chi connectivity index (χ4v) is 4.14. The van der Waals surface area contributed by atoms with Gasteiger partial charge in [0.1, 0.15) is 11.3 Å². The van der Waals surface area contributed by atoms with Crippen LogP contribution in [-0.2, 0) is 0 Å². The lowest BCUT2D eigenvalue weighted by molar-refractivity contribution is 0.414. The number of aliphatic imine (C=N–C) groups is 1. The highest BCUT2D eigenvalue weighted by atomic mass is 32.1. The first-order chi connectivity index (χ1) is 16.1. The summed E-state index contributed by atoms with van der Waals surface area (Å²) in [7, 11) is 1.58. The number of hydrogen-bond donors (Lipinski definition) is 2. The lowest BCUT2D eigenvalue weighted by Gasteiger charge is -2.13. The molecule has 162 valence electrons. The van der Waals surface area contributed by atoms with Crippen molar-refractivity contribution in [3.05, 3.63) is 111 Å². The minimum atomic E-state index is -0.480. The number of nitrogens with zero attached hydrogens (tertiary/aromatic N) is 2. The van der Waals surface area contributed by atoms with Gasteiger partial charge in [0.25, 0.3) is 5.56 Å². The summed E-state index contributed by atoms with van der Waals surface area (Å²) in [6.07, 6.45) is 1.67. The summed E-state index contributed by atoms with van der Waals surface area (Å²) in [5, 5.41) is 11.2. The molecule has 0 radical (unpaired) electrons. The molecular weight excluding hydrogens is 434 g/mol. The topological polar surface area (TPSA) is 79.6 Å². The zero-order valence-electron chi connectivity index (χ0n) is 17.6. The number of ether oxygens (including phenoxy) is 1. The SMILES string of the molecule is COc1ccc(-n2c(O)c(C=C3C(c4ccccc4)=Nc4ccccc43)c(=O)[nH]c2=S)cc1. The third-order valence-electron chi connectivity index (χ3n) is 5.47. The Morgan fingerprint density at radius 2 is 1.70 bits per heavy atom. The van der Waals surface area contributed by atoms with Gasteiger partial charge in [-0.1, -0.05) is 48.5 Å². The highest BCUT2D eigenvalue weighted by Gasteiger charge is 2.23. The summed E-state index contributed by atoms with van der Waals surface area (Å²) in [4.78, 5) is 20.4. The molecule has 4 aromatic rings. The number of allylic oxidation sites excluding steroid dienone is 1. The molecule has 0 fully saturated rings. The van der Waals surface area contributed by atoms with Gasteiger partial charge in [-0.25, -0.2) is 4.99 Å². The lowest BCUT2D eigenvalue weighted by Crippen LogP contribution is -2.16. The first kappa shape index (κ1) is 20.7. The molecule has 7 heteroatoms. The molecule has 0 saturated carbocycles. The number of fused-ring (bicyclic) bond motifs is 1. The van der Waals surface area contributed by atoms with Crippen molar-refractivity contribution in [2.45, 2.75) is 0 Å². The van der Waals surface area contributed by atoms with Gasteiger partial charge in [0.05, 0.1) is 24.2 Å². The molecule has 5 rings (SSSR count). The van der Waals surface area contributed by atoms with Gasteiger partial charge in [-0.05, 0) is 48.6 Å². The second-order valence-corrected chi connectivity index (χ2v) is 7.82. The van der Waals surface area contributed by atoms with E-state index in [0.29, 0.717) is 11.4 Å². The molecule has 0 atom stereocenters. The van der Waals surface area contributed by atoms with E-state index in [-0.39, 0.29) is 16.2 Å². The van der Waals surface area contributed by atoms with Crippen molar-refractivity contribution in [2.24, 2.45) is 4.99 Å². The van der Waals surface area contributed by atoms with E-state index >= 15 is 0 Å². The zero-order chi connectivity index (χ0) is 22.9. The first-order valence-electron chi connectivity index (χ1n) is 10.2. The Balaban J connectivity index is 1.72. The largest absolute Gasteiger partial charge is 0.497 e. The molecule has 0 amide bonds. The van der Waals surface area contributed by atoms with Crippen molar-refractivity contribution in [3.8, 4) is 17.3 Å². The van der Waals surface area contributed by atoms with E-state index in [1.807, 2.05) is 54.6 Å². The predicted molar refractivity (Wildman–Crippen MR) is 132 cm³/mol. The van der Waals surface area contributed by atoms with Crippen molar-refractivity contribution in [3.63, 3.8) is 0 Å². The number of methoxy groups -OCH3 is 1. The number of para-hydroxylation sites is 1. The highest BCUT2D eigenvalue weighted by Crippen LogP contribution is 2.38. The second-order valence-electron chi connectivity index (χ2n) is 7.43. The van der Waals surface area contributed by atoms with Gasteiger partial charge < -0.3 is 9.84 Å². The van der Waals surface area contributed by atoms with Crippen LogP contribution >= 0.6 is 12.2 Å². The van der Waals surface area contributed by atoms with E-state index in [0.717, 1.165) is 28.1 Å². The number of aromatic amines is 1. The van der Waals surface area contributed by atoms with Crippen LogP contribution in [0.2, 0.25) is 0 Å². The van der Waals surface area contributed by atoms with E-state index in [1.54, 1.807) is 37.5 Å². The van der Waals surface area contributed by atoms with Gasteiger partial charge in [0.15, 0.2) is 4.77 Å². The fraction of sp³-hybridized carbons (Fsp3) is 0.0385. The van der Waals surface area contributed by atoms with Gasteiger partial charge >= 0.3 is 0 Å². The number of nitrogens with one attached hydrogen (secondary N) is 1. The molecule has 0 spiro atoms. The van der Waals surface area contributed by atoms with Crippen LogP contribution in [0.5, 0.6) is 11.6 Å². The second kappa shape index (κ2) is 8.37. The summed E-state index contributed by atoms with van der Waals surface area (Å²) in [5.41, 5.74) is 4.29. The number of hydrogen-bond acceptors (Lipinski definition) is 5. The molecule has 1 aliphatic heterocycles. The Morgan fingerprint density at radius 1 is 1.00 bits per heavy atom. The van der Waals surface area contributed by atoms with Crippen LogP contribution in [0.4, 0.5) is 5.69 Å². The summed E-state index contributed by atoms with van der Waals surface area (Å²) in [5.74, 6) is 0.418. The maximum atomic E-state index is 12.9. The normalized spacial score (nSPS) is 13.6. The average Bonchev–Trinajstić information content (AvgIpc) is 3.21. The Hall–Kier alpha value is -4.23. The number of benzene rings is 3. The fourth-order valence-electron chi connectivity index (χ4n) is 3.85. The summed E-state index contributed by atoms with van der Waals surface area (Å²) in [6.45, 7) is 0. The Bertz CT molecular complexity index is 1530. The van der Waals surface area contributed by atoms with Gasteiger partial charge in [-0.15, -0.1) is 0 Å². The van der Waals surface area contributed by atoms with Gasteiger partial charge in [0.2, 0.25) is 5.88 Å². The van der Waals surface area contributed by atoms with Crippen molar-refractivity contribution >= 4 is 35.3 Å². The number of H-pyrrole nitrogens is 1.